The van der Waals surface area contributed by atoms with Gasteiger partial charge in [0.2, 0.25) is 5.91 Å². The second kappa shape index (κ2) is 16.3. The van der Waals surface area contributed by atoms with Crippen LogP contribution in [0.3, 0.4) is 0 Å². The highest BCUT2D eigenvalue weighted by Crippen LogP contribution is 2.39. The van der Waals surface area contributed by atoms with Crippen LogP contribution in [0.4, 0.5) is 5.69 Å². The van der Waals surface area contributed by atoms with E-state index in [1.165, 1.54) is 0 Å². The normalized spacial score (nSPS) is 14.0. The van der Waals surface area contributed by atoms with Crippen molar-refractivity contribution in [2.45, 2.75) is 44.9 Å². The number of fused-ring (bicyclic) bond motifs is 1. The van der Waals surface area contributed by atoms with Gasteiger partial charge >= 0.3 is 5.97 Å². The van der Waals surface area contributed by atoms with Gasteiger partial charge < -0.3 is 25.4 Å². The van der Waals surface area contributed by atoms with Crippen molar-refractivity contribution < 1.29 is 19.4 Å². The van der Waals surface area contributed by atoms with E-state index in [0.29, 0.717) is 35.3 Å². The van der Waals surface area contributed by atoms with E-state index in [2.05, 4.69) is 45.9 Å². The molecule has 1 atom stereocenters. The maximum absolute atomic E-state index is 11.5. The van der Waals surface area contributed by atoms with Crippen molar-refractivity contribution in [1.82, 2.24) is 20.4 Å². The van der Waals surface area contributed by atoms with Crippen molar-refractivity contribution >= 4 is 51.7 Å². The second-order valence-corrected chi connectivity index (χ2v) is 14.5. The molecular weight excluding hydrogens is 721 g/mol. The Labute approximate surface area is 324 Å². The van der Waals surface area contributed by atoms with Crippen LogP contribution in [-0.2, 0) is 35.6 Å². The van der Waals surface area contributed by atoms with Crippen LogP contribution < -0.4 is 20.3 Å². The molecule has 1 aromatic heterocycles. The number of carboxylic acids is 1. The number of halogens is 2. The van der Waals surface area contributed by atoms with E-state index in [4.69, 9.17) is 38.1 Å². The van der Waals surface area contributed by atoms with Crippen molar-refractivity contribution in [3.63, 3.8) is 0 Å². The number of carboxylic acid groups (broad SMARTS) is 1. The third kappa shape index (κ3) is 8.24. The SMILES string of the molecule is COc1cc(Cn2ncc3c(-c4cccc(-c5ccc(CNCC6CCC(=O)N6)cc5)c4Cl)cccc32)c(Cl)cc1CN(C)c1ccc(CC(=O)O)cc1. The molecule has 2 heterocycles. The van der Waals surface area contributed by atoms with Crippen molar-refractivity contribution in [3.8, 4) is 28.0 Å². The van der Waals surface area contributed by atoms with Gasteiger partial charge in [-0.3, -0.25) is 14.3 Å². The van der Waals surface area contributed by atoms with Gasteiger partial charge in [0, 0.05) is 71.9 Å². The summed E-state index contributed by atoms with van der Waals surface area (Å²) in [6.45, 7) is 2.46. The number of methoxy groups -OCH3 is 1. The van der Waals surface area contributed by atoms with E-state index in [1.54, 1.807) is 7.11 Å². The molecule has 1 saturated heterocycles. The van der Waals surface area contributed by atoms with Crippen molar-refractivity contribution in [2.75, 3.05) is 25.6 Å². The van der Waals surface area contributed by atoms with Crippen LogP contribution in [0.5, 0.6) is 5.75 Å². The van der Waals surface area contributed by atoms with Gasteiger partial charge in [0.15, 0.2) is 0 Å². The number of anilines is 1. The van der Waals surface area contributed by atoms with Gasteiger partial charge in [0.05, 0.1) is 36.8 Å². The number of amides is 1. The third-order valence-corrected chi connectivity index (χ3v) is 10.7. The van der Waals surface area contributed by atoms with Crippen LogP contribution in [0, 0.1) is 0 Å². The number of carbonyl (C=O) groups is 2. The molecule has 0 spiro atoms. The molecule has 1 fully saturated rings. The molecule has 0 bridgehead atoms. The summed E-state index contributed by atoms with van der Waals surface area (Å²) in [4.78, 5) is 24.6. The first-order valence-electron chi connectivity index (χ1n) is 17.9. The van der Waals surface area contributed by atoms with Gasteiger partial charge in [-0.05, 0) is 64.6 Å². The quantitative estimate of drug-likeness (QED) is 0.102. The Kier molecular flexibility index (Phi) is 11.2. The zero-order chi connectivity index (χ0) is 37.8. The number of nitrogens with one attached hydrogen (secondary N) is 2. The van der Waals surface area contributed by atoms with Gasteiger partial charge in [0.25, 0.3) is 0 Å². The molecular formula is C43H41Cl2N5O4. The van der Waals surface area contributed by atoms with Gasteiger partial charge in [0.1, 0.15) is 5.75 Å². The van der Waals surface area contributed by atoms with Crippen LogP contribution >= 0.6 is 23.2 Å². The number of nitrogens with zero attached hydrogens (tertiary/aromatic N) is 3. The van der Waals surface area contributed by atoms with Crippen LogP contribution in [0.25, 0.3) is 33.2 Å². The van der Waals surface area contributed by atoms with Crippen LogP contribution in [0.15, 0.2) is 103 Å². The minimum Gasteiger partial charge on any atom is -0.496 e. The van der Waals surface area contributed by atoms with E-state index in [-0.39, 0.29) is 18.4 Å². The fourth-order valence-electron chi connectivity index (χ4n) is 7.07. The average molecular weight is 763 g/mol. The number of rotatable bonds is 14. The lowest BCUT2D eigenvalue weighted by Crippen LogP contribution is -2.35. The Bertz CT molecular complexity index is 2310. The second-order valence-electron chi connectivity index (χ2n) is 13.7. The largest absolute Gasteiger partial charge is 0.496 e. The maximum Gasteiger partial charge on any atom is 0.307 e. The summed E-state index contributed by atoms with van der Waals surface area (Å²) in [6, 6.07) is 32.3. The van der Waals surface area contributed by atoms with Gasteiger partial charge in [-0.15, -0.1) is 0 Å². The summed E-state index contributed by atoms with van der Waals surface area (Å²) in [6.07, 6.45) is 3.35. The first-order chi connectivity index (χ1) is 26.2. The fourth-order valence-corrected chi connectivity index (χ4v) is 7.66. The topological polar surface area (TPSA) is 109 Å². The fraction of sp³-hybridized carbons (Fsp3) is 0.233. The molecule has 9 nitrogen and oxygen atoms in total. The highest BCUT2D eigenvalue weighted by molar-refractivity contribution is 6.36. The van der Waals surface area contributed by atoms with Crippen molar-refractivity contribution in [1.29, 1.82) is 0 Å². The Morgan fingerprint density at radius 1 is 0.963 bits per heavy atom. The molecule has 0 saturated carbocycles. The number of hydrogen-bond acceptors (Lipinski definition) is 6. The Morgan fingerprint density at radius 2 is 1.69 bits per heavy atom. The summed E-state index contributed by atoms with van der Waals surface area (Å²) >= 11 is 14.1. The van der Waals surface area contributed by atoms with E-state index in [9.17, 15) is 9.59 Å². The van der Waals surface area contributed by atoms with E-state index in [0.717, 1.165) is 80.6 Å². The molecule has 1 aliphatic rings. The van der Waals surface area contributed by atoms with Crippen LogP contribution in [0.1, 0.15) is 35.1 Å². The molecule has 3 N–H and O–H groups in total. The zero-order valence-corrected chi connectivity index (χ0v) is 31.6. The highest BCUT2D eigenvalue weighted by Gasteiger charge is 2.20. The number of benzene rings is 5. The monoisotopic (exact) mass is 761 g/mol. The standard InChI is InChI=1S/C43H41Cl2N5O4/c1-49(33-16-11-27(12-17-33)19-42(52)53)25-31-20-38(44)30(21-40(31)54-2)26-50-39-8-4-6-35(37(39)24-47-50)36-7-3-5-34(43(36)45)29-13-9-28(10-14-29)22-46-23-32-15-18-41(51)48-32/h3-14,16-17,20-21,24,32,46H,15,18-19,22-23,25-26H2,1-2H3,(H,48,51)(H,52,53). The highest BCUT2D eigenvalue weighted by atomic mass is 35.5. The molecule has 0 radical (unpaired) electrons. The Balaban J connectivity index is 1.07. The summed E-state index contributed by atoms with van der Waals surface area (Å²) < 4.78 is 7.76. The Morgan fingerprint density at radius 3 is 2.41 bits per heavy atom. The molecule has 7 rings (SSSR count). The summed E-state index contributed by atoms with van der Waals surface area (Å²) in [5, 5.41) is 22.6. The minimum atomic E-state index is -0.856. The smallest absolute Gasteiger partial charge is 0.307 e. The maximum atomic E-state index is 11.5. The first kappa shape index (κ1) is 37.0. The van der Waals surface area contributed by atoms with Gasteiger partial charge in [-0.2, -0.15) is 5.10 Å². The zero-order valence-electron chi connectivity index (χ0n) is 30.1. The Hall–Kier alpha value is -5.35. The molecule has 0 aliphatic carbocycles. The average Bonchev–Trinajstić information content (AvgIpc) is 3.78. The van der Waals surface area contributed by atoms with Crippen molar-refractivity contribution in [2.24, 2.45) is 0 Å². The van der Waals surface area contributed by atoms with Gasteiger partial charge in [-0.25, -0.2) is 0 Å². The van der Waals surface area contributed by atoms with Crippen molar-refractivity contribution in [3.05, 3.63) is 136 Å². The van der Waals surface area contributed by atoms with Gasteiger partial charge in [-0.1, -0.05) is 89.9 Å². The molecule has 6 aromatic rings. The molecule has 54 heavy (non-hydrogen) atoms. The lowest BCUT2D eigenvalue weighted by Gasteiger charge is -2.22. The predicted octanol–water partition coefficient (Wildman–Crippen LogP) is 8.37. The van der Waals surface area contributed by atoms with E-state index in [1.807, 2.05) is 84.7 Å². The third-order valence-electron chi connectivity index (χ3n) is 9.96. The predicted molar refractivity (Wildman–Crippen MR) is 215 cm³/mol. The summed E-state index contributed by atoms with van der Waals surface area (Å²) in [5.74, 6) is -0.00992. The van der Waals surface area contributed by atoms with Crippen LogP contribution in [0.2, 0.25) is 10.0 Å². The lowest BCUT2D eigenvalue weighted by atomic mass is 9.96. The molecule has 5 aromatic carbocycles. The molecule has 1 aliphatic heterocycles. The van der Waals surface area contributed by atoms with E-state index < -0.39 is 5.97 Å². The number of ether oxygens (including phenoxy) is 1. The summed E-state index contributed by atoms with van der Waals surface area (Å²) in [5.41, 5.74) is 9.50. The number of aromatic nitrogens is 2. The van der Waals surface area contributed by atoms with Crippen LogP contribution in [-0.4, -0.2) is 53.5 Å². The number of aliphatic carboxylic acids is 1. The number of carbonyl (C=O) groups excluding carboxylic acids is 1. The first-order valence-corrected chi connectivity index (χ1v) is 18.6. The molecule has 11 heteroatoms. The molecule has 1 amide bonds. The minimum absolute atomic E-state index is 0.0114. The van der Waals surface area contributed by atoms with E-state index >= 15 is 0 Å². The molecule has 276 valence electrons. The number of hydrogen-bond donors (Lipinski definition) is 3. The summed E-state index contributed by atoms with van der Waals surface area (Å²) in [7, 11) is 3.62. The molecule has 1 unspecified atom stereocenters. The lowest BCUT2D eigenvalue weighted by molar-refractivity contribution is -0.136.